The average molecular weight is 264 g/mol. The second-order valence-corrected chi connectivity index (χ2v) is 5.39. The topological polar surface area (TPSA) is 61.8 Å². The van der Waals surface area contributed by atoms with Gasteiger partial charge in [-0.2, -0.15) is 0 Å². The number of phosphoric acid groups is 1. The molecule has 0 saturated heterocycles. The summed E-state index contributed by atoms with van der Waals surface area (Å²) in [6.45, 7) is 7.26. The minimum atomic E-state index is -3.76. The van der Waals surface area contributed by atoms with E-state index in [1.807, 2.05) is 20.8 Å². The largest absolute Gasteiger partial charge is 0.532 e. The molecule has 0 aromatic heterocycles. The lowest BCUT2D eigenvalue weighted by atomic mass is 10.3. The molecule has 0 bridgehead atoms. The second-order valence-electron chi connectivity index (χ2n) is 3.79. The molecule has 5 nitrogen and oxygen atoms in total. The average Bonchev–Trinajstić information content (AvgIpc) is 2.16. The molecule has 1 atom stereocenters. The summed E-state index contributed by atoms with van der Waals surface area (Å²) < 4.78 is 26.6. The molecular formula is C11H21O5P. The molecule has 100 valence electrons. The van der Waals surface area contributed by atoms with E-state index >= 15 is 0 Å². The van der Waals surface area contributed by atoms with Crippen LogP contribution in [0.1, 0.15) is 40.5 Å². The van der Waals surface area contributed by atoms with E-state index in [9.17, 15) is 9.36 Å². The maximum Gasteiger partial charge on any atom is 0.532 e. The lowest BCUT2D eigenvalue weighted by Gasteiger charge is -2.15. The first kappa shape index (κ1) is 16.4. The number of unbranched alkanes of at least 4 members (excludes halogenated alkanes) is 1. The van der Waals surface area contributed by atoms with Gasteiger partial charge < -0.3 is 4.52 Å². The quantitative estimate of drug-likeness (QED) is 0.381. The zero-order valence-electron chi connectivity index (χ0n) is 10.9. The lowest BCUT2D eigenvalue weighted by Crippen LogP contribution is -2.05. The Labute approximate surface area is 103 Å². The van der Waals surface area contributed by atoms with Gasteiger partial charge in [-0.05, 0) is 20.3 Å². The van der Waals surface area contributed by atoms with Crippen LogP contribution in [-0.2, 0) is 22.9 Å². The third-order valence-electron chi connectivity index (χ3n) is 1.71. The maximum atomic E-state index is 12.0. The summed E-state index contributed by atoms with van der Waals surface area (Å²) in [5.74, 6) is -0.679. The number of phosphoric ester groups is 1. The van der Waals surface area contributed by atoms with Crippen LogP contribution in [0.15, 0.2) is 11.6 Å². The molecule has 0 saturated carbocycles. The Kier molecular flexibility index (Phi) is 8.13. The Morgan fingerprint density at radius 3 is 2.35 bits per heavy atom. The highest BCUT2D eigenvalue weighted by molar-refractivity contribution is 7.49. The van der Waals surface area contributed by atoms with Gasteiger partial charge in [0.2, 0.25) is 0 Å². The van der Waals surface area contributed by atoms with Crippen LogP contribution in [0.25, 0.3) is 0 Å². The Balaban J connectivity index is 4.33. The zero-order valence-corrected chi connectivity index (χ0v) is 11.8. The number of carbonyl (C=O) groups is 1. The predicted octanol–water partition coefficient (Wildman–Crippen LogP) is 3.46. The molecule has 0 aliphatic heterocycles. The first-order valence-electron chi connectivity index (χ1n) is 5.62. The minimum Gasteiger partial charge on any atom is -0.371 e. The number of allylic oxidation sites excluding steroid dienone is 1. The van der Waals surface area contributed by atoms with Crippen molar-refractivity contribution < 1.29 is 22.9 Å². The van der Waals surface area contributed by atoms with Gasteiger partial charge in [-0.3, -0.25) is 13.8 Å². The monoisotopic (exact) mass is 264 g/mol. The highest BCUT2D eigenvalue weighted by Crippen LogP contribution is 2.49. The number of rotatable bonds is 8. The van der Waals surface area contributed by atoms with E-state index in [0.29, 0.717) is 0 Å². The summed E-state index contributed by atoms with van der Waals surface area (Å²) in [6, 6.07) is 0. The van der Waals surface area contributed by atoms with Crippen LogP contribution < -0.4 is 0 Å². The fourth-order valence-electron chi connectivity index (χ4n) is 0.863. The molecule has 0 aromatic carbocycles. The van der Waals surface area contributed by atoms with Gasteiger partial charge in [0.15, 0.2) is 0 Å². The lowest BCUT2D eigenvalue weighted by molar-refractivity contribution is -0.133. The molecule has 0 fully saturated rings. The zero-order chi connectivity index (χ0) is 13.3. The molecule has 17 heavy (non-hydrogen) atoms. The molecule has 1 unspecified atom stereocenters. The van der Waals surface area contributed by atoms with E-state index < -0.39 is 13.8 Å². The molecule has 0 rings (SSSR count). The van der Waals surface area contributed by atoms with Crippen LogP contribution >= 0.6 is 7.82 Å². The summed E-state index contributed by atoms with van der Waals surface area (Å²) >= 11 is 0. The summed E-state index contributed by atoms with van der Waals surface area (Å²) in [6.07, 6.45) is 3.37. The second kappa shape index (κ2) is 8.45. The summed E-state index contributed by atoms with van der Waals surface area (Å²) in [7, 11) is -3.76. The van der Waals surface area contributed by atoms with Crippen LogP contribution in [0.5, 0.6) is 0 Å². The van der Waals surface area contributed by atoms with Crippen molar-refractivity contribution in [2.45, 2.75) is 40.5 Å². The van der Waals surface area contributed by atoms with Crippen molar-refractivity contribution in [1.29, 1.82) is 0 Å². The van der Waals surface area contributed by atoms with E-state index in [1.54, 1.807) is 6.08 Å². The van der Waals surface area contributed by atoms with Crippen molar-refractivity contribution in [3.05, 3.63) is 11.6 Å². The first-order valence-corrected chi connectivity index (χ1v) is 7.08. The van der Waals surface area contributed by atoms with Gasteiger partial charge in [-0.25, -0.2) is 4.57 Å². The summed E-state index contributed by atoms with van der Waals surface area (Å²) in [5.41, 5.74) is 1.02. The van der Waals surface area contributed by atoms with Crippen molar-refractivity contribution in [2.24, 2.45) is 0 Å². The number of hydrogen-bond donors (Lipinski definition) is 0. The SMILES string of the molecule is CCCCOP(=O)(OCC=C(C)C)OC(C)=O. The maximum absolute atomic E-state index is 12.0. The van der Waals surface area contributed by atoms with Crippen LogP contribution in [-0.4, -0.2) is 19.2 Å². The van der Waals surface area contributed by atoms with Crippen molar-refractivity contribution in [3.8, 4) is 0 Å². The Bertz CT molecular complexity index is 307. The van der Waals surface area contributed by atoms with Crippen LogP contribution in [0.4, 0.5) is 0 Å². The van der Waals surface area contributed by atoms with Gasteiger partial charge in [0.05, 0.1) is 13.2 Å². The van der Waals surface area contributed by atoms with Gasteiger partial charge in [0, 0.05) is 6.92 Å². The van der Waals surface area contributed by atoms with Gasteiger partial charge in [-0.1, -0.05) is 25.0 Å². The summed E-state index contributed by atoms with van der Waals surface area (Å²) in [4.78, 5) is 10.8. The fourth-order valence-corrected chi connectivity index (χ4v) is 1.97. The molecule has 0 amide bonds. The molecular weight excluding hydrogens is 243 g/mol. The molecule has 0 spiro atoms. The van der Waals surface area contributed by atoms with Crippen molar-refractivity contribution >= 4 is 13.8 Å². The number of hydrogen-bond acceptors (Lipinski definition) is 5. The molecule has 0 aliphatic carbocycles. The summed E-state index contributed by atoms with van der Waals surface area (Å²) in [5, 5.41) is 0. The molecule has 0 aliphatic rings. The minimum absolute atomic E-state index is 0.0962. The highest BCUT2D eigenvalue weighted by atomic mass is 31.2. The molecule has 0 aromatic rings. The Morgan fingerprint density at radius 2 is 1.88 bits per heavy atom. The Morgan fingerprint density at radius 1 is 1.24 bits per heavy atom. The fraction of sp³-hybridized carbons (Fsp3) is 0.727. The van der Waals surface area contributed by atoms with E-state index in [1.165, 1.54) is 6.92 Å². The van der Waals surface area contributed by atoms with Crippen LogP contribution in [0.3, 0.4) is 0 Å². The standard InChI is InChI=1S/C11H21O5P/c1-5-6-8-14-17(13,16-11(4)12)15-9-7-10(2)3/h7H,5-6,8-9H2,1-4H3. The van der Waals surface area contributed by atoms with E-state index in [4.69, 9.17) is 9.05 Å². The normalized spacial score (nSPS) is 13.9. The third-order valence-corrected chi connectivity index (χ3v) is 3.16. The molecule has 6 heteroatoms. The van der Waals surface area contributed by atoms with Gasteiger partial charge in [0.25, 0.3) is 0 Å². The smallest absolute Gasteiger partial charge is 0.371 e. The highest BCUT2D eigenvalue weighted by Gasteiger charge is 2.29. The number of carbonyl (C=O) groups excluding carboxylic acids is 1. The molecule has 0 heterocycles. The third kappa shape index (κ3) is 9.10. The van der Waals surface area contributed by atoms with Crippen LogP contribution in [0.2, 0.25) is 0 Å². The predicted molar refractivity (Wildman–Crippen MR) is 65.6 cm³/mol. The van der Waals surface area contributed by atoms with E-state index in [2.05, 4.69) is 4.52 Å². The Hall–Kier alpha value is -0.640. The van der Waals surface area contributed by atoms with E-state index in [-0.39, 0.29) is 13.2 Å². The molecule has 0 N–H and O–H groups in total. The molecule has 0 radical (unpaired) electrons. The van der Waals surface area contributed by atoms with Gasteiger partial charge in [-0.15, -0.1) is 0 Å². The first-order chi connectivity index (χ1) is 7.89. The van der Waals surface area contributed by atoms with E-state index in [0.717, 1.165) is 18.4 Å². The van der Waals surface area contributed by atoms with Crippen molar-refractivity contribution in [2.75, 3.05) is 13.2 Å². The van der Waals surface area contributed by atoms with Crippen LogP contribution in [0, 0.1) is 0 Å². The van der Waals surface area contributed by atoms with Crippen molar-refractivity contribution in [1.82, 2.24) is 0 Å². The van der Waals surface area contributed by atoms with Crippen molar-refractivity contribution in [3.63, 3.8) is 0 Å². The van der Waals surface area contributed by atoms with Gasteiger partial charge in [0.1, 0.15) is 0 Å². The van der Waals surface area contributed by atoms with Gasteiger partial charge >= 0.3 is 13.8 Å².